The molecular weight excluding hydrogens is 178 g/mol. The molecule has 0 spiro atoms. The zero-order chi connectivity index (χ0) is 9.97. The van der Waals surface area contributed by atoms with Crippen LogP contribution in [0.2, 0.25) is 0 Å². The van der Waals surface area contributed by atoms with E-state index >= 15 is 0 Å². The summed E-state index contributed by atoms with van der Waals surface area (Å²) in [4.78, 5) is 3.29. The van der Waals surface area contributed by atoms with Gasteiger partial charge in [-0.25, -0.2) is 4.85 Å². The highest BCUT2D eigenvalue weighted by molar-refractivity contribution is 5.72. The summed E-state index contributed by atoms with van der Waals surface area (Å²) in [5, 5.41) is 11.9. The van der Waals surface area contributed by atoms with Gasteiger partial charge in [0.15, 0.2) is 11.4 Å². The third kappa shape index (κ3) is 1.23. The van der Waals surface area contributed by atoms with Gasteiger partial charge in [0.1, 0.15) is 12.7 Å². The first-order valence-corrected chi connectivity index (χ1v) is 4.17. The van der Waals surface area contributed by atoms with E-state index in [1.165, 1.54) is 0 Å². The maximum absolute atomic E-state index is 8.85. The molecule has 1 N–H and O–H groups in total. The largest absolute Gasteiger partial charge is 0.488 e. The first kappa shape index (κ1) is 8.40. The van der Waals surface area contributed by atoms with Crippen molar-refractivity contribution < 1.29 is 4.74 Å². The molecule has 0 saturated heterocycles. The fourth-order valence-corrected chi connectivity index (χ4v) is 1.39. The molecule has 1 aromatic carbocycles. The van der Waals surface area contributed by atoms with Crippen LogP contribution in [0.25, 0.3) is 4.85 Å². The maximum Gasteiger partial charge on any atom is 0.190 e. The van der Waals surface area contributed by atoms with Crippen molar-refractivity contribution in [1.82, 2.24) is 0 Å². The van der Waals surface area contributed by atoms with Gasteiger partial charge in [0.05, 0.1) is 17.8 Å². The van der Waals surface area contributed by atoms with E-state index in [0.717, 1.165) is 5.69 Å². The molecule has 1 aromatic rings. The Morgan fingerprint density at radius 1 is 1.57 bits per heavy atom. The molecule has 0 unspecified atom stereocenters. The second kappa shape index (κ2) is 3.27. The Morgan fingerprint density at radius 2 is 2.43 bits per heavy atom. The first-order valence-electron chi connectivity index (χ1n) is 4.17. The second-order valence-corrected chi connectivity index (χ2v) is 2.87. The van der Waals surface area contributed by atoms with E-state index in [1.807, 2.05) is 6.07 Å². The van der Waals surface area contributed by atoms with Gasteiger partial charge in [0.25, 0.3) is 0 Å². The Bertz CT molecular complexity index is 454. The Kier molecular flexibility index (Phi) is 1.96. The van der Waals surface area contributed by atoms with Gasteiger partial charge in [-0.15, -0.1) is 0 Å². The SMILES string of the molecule is [C-]#[N+]c1cc(C#N)c2c(c1)NCCO2. The summed E-state index contributed by atoms with van der Waals surface area (Å²) in [5.74, 6) is 0.561. The summed E-state index contributed by atoms with van der Waals surface area (Å²) >= 11 is 0. The topological polar surface area (TPSA) is 49.4 Å². The number of ether oxygens (including phenoxy) is 1. The molecule has 14 heavy (non-hydrogen) atoms. The summed E-state index contributed by atoms with van der Waals surface area (Å²) in [6, 6.07) is 5.26. The van der Waals surface area contributed by atoms with Crippen LogP contribution in [0.15, 0.2) is 12.1 Å². The van der Waals surface area contributed by atoms with Crippen LogP contribution >= 0.6 is 0 Å². The molecule has 0 aromatic heterocycles. The van der Waals surface area contributed by atoms with Crippen molar-refractivity contribution in [3.8, 4) is 11.8 Å². The molecule has 1 heterocycles. The third-order valence-electron chi connectivity index (χ3n) is 1.99. The van der Waals surface area contributed by atoms with E-state index in [9.17, 15) is 0 Å². The van der Waals surface area contributed by atoms with Crippen LogP contribution in [0.1, 0.15) is 5.56 Å². The second-order valence-electron chi connectivity index (χ2n) is 2.87. The van der Waals surface area contributed by atoms with Gasteiger partial charge in [-0.1, -0.05) is 0 Å². The normalized spacial score (nSPS) is 12.7. The number of fused-ring (bicyclic) bond motifs is 1. The van der Waals surface area contributed by atoms with Gasteiger partial charge < -0.3 is 10.1 Å². The van der Waals surface area contributed by atoms with Crippen LogP contribution in [-0.4, -0.2) is 13.2 Å². The number of anilines is 1. The molecule has 0 radical (unpaired) electrons. The number of nitrogens with zero attached hydrogens (tertiary/aromatic N) is 2. The Hall–Kier alpha value is -2.20. The van der Waals surface area contributed by atoms with E-state index < -0.39 is 0 Å². The van der Waals surface area contributed by atoms with Crippen molar-refractivity contribution in [3.05, 3.63) is 29.1 Å². The Morgan fingerprint density at radius 3 is 3.14 bits per heavy atom. The van der Waals surface area contributed by atoms with Crippen LogP contribution in [-0.2, 0) is 0 Å². The van der Waals surface area contributed by atoms with Gasteiger partial charge in [-0.2, -0.15) is 5.26 Å². The minimum atomic E-state index is 0.417. The minimum Gasteiger partial charge on any atom is -0.488 e. The van der Waals surface area contributed by atoms with E-state index in [-0.39, 0.29) is 0 Å². The predicted octanol–water partition coefficient (Wildman–Crippen LogP) is 1.91. The molecular formula is C10H7N3O. The van der Waals surface area contributed by atoms with Crippen LogP contribution in [0.4, 0.5) is 11.4 Å². The van der Waals surface area contributed by atoms with E-state index in [0.29, 0.717) is 30.2 Å². The molecule has 0 bridgehead atoms. The lowest BCUT2D eigenvalue weighted by atomic mass is 10.1. The zero-order valence-corrected chi connectivity index (χ0v) is 7.37. The molecule has 4 heteroatoms. The van der Waals surface area contributed by atoms with Gasteiger partial charge in [-0.05, 0) is 12.1 Å². The van der Waals surface area contributed by atoms with Crippen LogP contribution in [0, 0.1) is 17.9 Å². The molecule has 4 nitrogen and oxygen atoms in total. The quantitative estimate of drug-likeness (QED) is 0.628. The van der Waals surface area contributed by atoms with Crippen LogP contribution < -0.4 is 10.1 Å². The predicted molar refractivity (Wildman–Crippen MR) is 51.4 cm³/mol. The average molecular weight is 185 g/mol. The molecule has 0 aliphatic carbocycles. The highest BCUT2D eigenvalue weighted by Gasteiger charge is 2.15. The number of rotatable bonds is 0. The summed E-state index contributed by atoms with van der Waals surface area (Å²) < 4.78 is 5.36. The summed E-state index contributed by atoms with van der Waals surface area (Å²) in [6.45, 7) is 8.14. The molecule has 0 amide bonds. The number of benzene rings is 1. The molecule has 1 aliphatic rings. The van der Waals surface area contributed by atoms with Gasteiger partial charge >= 0.3 is 0 Å². The van der Waals surface area contributed by atoms with Gasteiger partial charge in [0.2, 0.25) is 0 Å². The van der Waals surface area contributed by atoms with Gasteiger partial charge in [-0.3, -0.25) is 0 Å². The zero-order valence-electron chi connectivity index (χ0n) is 7.37. The third-order valence-corrected chi connectivity index (χ3v) is 1.99. The molecule has 0 atom stereocenters. The number of hydrogen-bond acceptors (Lipinski definition) is 3. The smallest absolute Gasteiger partial charge is 0.190 e. The van der Waals surface area contributed by atoms with Crippen molar-refractivity contribution in [2.24, 2.45) is 0 Å². The minimum absolute atomic E-state index is 0.417. The number of nitriles is 1. The van der Waals surface area contributed by atoms with Crippen LogP contribution in [0.5, 0.6) is 5.75 Å². The lowest BCUT2D eigenvalue weighted by Crippen LogP contribution is -2.18. The van der Waals surface area contributed by atoms with Crippen molar-refractivity contribution in [3.63, 3.8) is 0 Å². The van der Waals surface area contributed by atoms with Crippen molar-refractivity contribution in [2.75, 3.05) is 18.5 Å². The molecule has 2 rings (SSSR count). The monoisotopic (exact) mass is 185 g/mol. The first-order chi connectivity index (χ1) is 6.85. The lowest BCUT2D eigenvalue weighted by Gasteiger charge is -2.20. The number of nitrogens with one attached hydrogen (secondary N) is 1. The van der Waals surface area contributed by atoms with Crippen molar-refractivity contribution in [2.45, 2.75) is 0 Å². The molecule has 0 saturated carbocycles. The Balaban J connectivity index is 2.61. The Labute approximate surface area is 81.5 Å². The van der Waals surface area contributed by atoms with Crippen molar-refractivity contribution in [1.29, 1.82) is 5.26 Å². The van der Waals surface area contributed by atoms with Crippen molar-refractivity contribution >= 4 is 11.4 Å². The molecule has 0 fully saturated rings. The molecule has 1 aliphatic heterocycles. The standard InChI is InChI=1S/C10H7N3O/c1-12-8-4-7(6-11)10-9(5-8)13-2-3-14-10/h4-5,13H,2-3H2. The fourth-order valence-electron chi connectivity index (χ4n) is 1.39. The summed E-state index contributed by atoms with van der Waals surface area (Å²) in [7, 11) is 0. The average Bonchev–Trinajstić information content (AvgIpc) is 2.27. The molecule has 68 valence electrons. The summed E-state index contributed by atoms with van der Waals surface area (Å²) in [5.41, 5.74) is 1.61. The lowest BCUT2D eigenvalue weighted by molar-refractivity contribution is 0.322. The fraction of sp³-hybridized carbons (Fsp3) is 0.200. The highest BCUT2D eigenvalue weighted by atomic mass is 16.5. The maximum atomic E-state index is 8.85. The number of hydrogen-bond donors (Lipinski definition) is 1. The van der Waals surface area contributed by atoms with Gasteiger partial charge in [0, 0.05) is 6.54 Å². The highest BCUT2D eigenvalue weighted by Crippen LogP contribution is 2.35. The van der Waals surface area contributed by atoms with Crippen LogP contribution in [0.3, 0.4) is 0 Å². The van der Waals surface area contributed by atoms with E-state index in [1.54, 1.807) is 12.1 Å². The summed E-state index contributed by atoms with van der Waals surface area (Å²) in [6.07, 6.45) is 0. The van der Waals surface area contributed by atoms with E-state index in [2.05, 4.69) is 10.2 Å². The van der Waals surface area contributed by atoms with E-state index in [4.69, 9.17) is 16.6 Å².